The van der Waals surface area contributed by atoms with Gasteiger partial charge in [-0.15, -0.1) is 0 Å². The largest absolute Gasteiger partial charge is 0.481 e. The topological polar surface area (TPSA) is 118 Å². The molecular weight excluding hydrogens is 551 g/mol. The van der Waals surface area contributed by atoms with Crippen molar-refractivity contribution >= 4 is 34.4 Å². The van der Waals surface area contributed by atoms with Gasteiger partial charge in [-0.1, -0.05) is 18.2 Å². The van der Waals surface area contributed by atoms with E-state index in [2.05, 4.69) is 15.7 Å². The smallest absolute Gasteiger partial charge is 0.433 e. The first-order chi connectivity index (χ1) is 19.8. The third kappa shape index (κ3) is 6.64. The highest BCUT2D eigenvalue weighted by atomic mass is 19.4. The van der Waals surface area contributed by atoms with Crippen molar-refractivity contribution in [3.8, 4) is 0 Å². The molecule has 0 aliphatic heterocycles. The predicted molar refractivity (Wildman–Crippen MR) is 151 cm³/mol. The molecule has 0 radical (unpaired) electrons. The SMILES string of the molecule is CNC(=O)c1ccc2c(C)cn([C@H](C)C(=O)Nc3cc(Cn4nc(C)cc4C(F)(F)F)ccc3CCCC(=O)O)c2c1. The van der Waals surface area contributed by atoms with E-state index in [1.807, 2.05) is 19.2 Å². The lowest BCUT2D eigenvalue weighted by molar-refractivity contribution is -0.144. The van der Waals surface area contributed by atoms with Gasteiger partial charge in [0, 0.05) is 41.8 Å². The van der Waals surface area contributed by atoms with Crippen molar-refractivity contribution in [3.63, 3.8) is 0 Å². The van der Waals surface area contributed by atoms with Crippen LogP contribution in [0.15, 0.2) is 48.7 Å². The first kappa shape index (κ1) is 30.4. The summed E-state index contributed by atoms with van der Waals surface area (Å²) in [5, 5.41) is 19.4. The summed E-state index contributed by atoms with van der Waals surface area (Å²) in [6.07, 6.45) is -2.18. The van der Waals surface area contributed by atoms with Crippen molar-refractivity contribution in [1.29, 1.82) is 0 Å². The van der Waals surface area contributed by atoms with Crippen molar-refractivity contribution in [3.05, 3.63) is 82.3 Å². The Bertz CT molecular complexity index is 1650. The molecular formula is C30H32F3N5O4. The zero-order valence-corrected chi connectivity index (χ0v) is 23.7. The maximum atomic E-state index is 13.6. The molecule has 3 N–H and O–H groups in total. The third-order valence-electron chi connectivity index (χ3n) is 7.11. The molecule has 2 amide bonds. The van der Waals surface area contributed by atoms with Gasteiger partial charge in [0.1, 0.15) is 11.7 Å². The minimum Gasteiger partial charge on any atom is -0.481 e. The van der Waals surface area contributed by atoms with Crippen LogP contribution in [0.4, 0.5) is 18.9 Å². The minimum atomic E-state index is -4.58. The molecule has 0 spiro atoms. The summed E-state index contributed by atoms with van der Waals surface area (Å²) in [4.78, 5) is 36.8. The number of fused-ring (bicyclic) bond motifs is 1. The molecule has 2 aromatic carbocycles. The maximum Gasteiger partial charge on any atom is 0.433 e. The molecule has 0 bridgehead atoms. The highest BCUT2D eigenvalue weighted by Crippen LogP contribution is 2.31. The molecule has 0 fully saturated rings. The highest BCUT2D eigenvalue weighted by Gasteiger charge is 2.35. The van der Waals surface area contributed by atoms with E-state index in [9.17, 15) is 27.6 Å². The van der Waals surface area contributed by atoms with Gasteiger partial charge in [0.15, 0.2) is 0 Å². The van der Waals surface area contributed by atoms with Crippen molar-refractivity contribution in [1.82, 2.24) is 19.7 Å². The van der Waals surface area contributed by atoms with Crippen LogP contribution in [-0.4, -0.2) is 44.3 Å². The molecule has 2 aromatic heterocycles. The molecule has 222 valence electrons. The number of anilines is 1. The number of rotatable bonds is 10. The molecule has 42 heavy (non-hydrogen) atoms. The molecule has 9 nitrogen and oxygen atoms in total. The Balaban J connectivity index is 1.66. The van der Waals surface area contributed by atoms with E-state index in [-0.39, 0.29) is 30.5 Å². The molecule has 0 saturated carbocycles. The molecule has 0 saturated heterocycles. The van der Waals surface area contributed by atoms with Crippen molar-refractivity contribution < 1.29 is 32.7 Å². The number of aliphatic carboxylic acids is 1. The van der Waals surface area contributed by atoms with Crippen LogP contribution in [0.25, 0.3) is 10.9 Å². The van der Waals surface area contributed by atoms with Crippen LogP contribution in [0.2, 0.25) is 0 Å². The number of carboxylic acid groups (broad SMARTS) is 1. The number of carbonyl (C=O) groups excluding carboxylic acids is 2. The number of hydrogen-bond donors (Lipinski definition) is 3. The number of aryl methyl sites for hydroxylation is 3. The van der Waals surface area contributed by atoms with Crippen LogP contribution in [0.5, 0.6) is 0 Å². The molecule has 12 heteroatoms. The second-order valence-corrected chi connectivity index (χ2v) is 10.3. The van der Waals surface area contributed by atoms with Crippen LogP contribution >= 0.6 is 0 Å². The zero-order valence-electron chi connectivity index (χ0n) is 23.7. The van der Waals surface area contributed by atoms with Crippen LogP contribution in [0.3, 0.4) is 0 Å². The Hall–Kier alpha value is -4.61. The third-order valence-corrected chi connectivity index (χ3v) is 7.11. The first-order valence-corrected chi connectivity index (χ1v) is 13.4. The van der Waals surface area contributed by atoms with Gasteiger partial charge in [-0.05, 0) is 74.6 Å². The van der Waals surface area contributed by atoms with E-state index in [0.29, 0.717) is 40.7 Å². The fraction of sp³-hybridized carbons (Fsp3) is 0.333. The number of carboxylic acids is 1. The van der Waals surface area contributed by atoms with E-state index in [0.717, 1.165) is 21.7 Å². The summed E-state index contributed by atoms with van der Waals surface area (Å²) in [5.74, 6) is -1.60. The normalized spacial score (nSPS) is 12.4. The van der Waals surface area contributed by atoms with E-state index in [4.69, 9.17) is 5.11 Å². The molecule has 1 atom stereocenters. The van der Waals surface area contributed by atoms with Gasteiger partial charge in [0.05, 0.1) is 12.2 Å². The fourth-order valence-electron chi connectivity index (χ4n) is 4.95. The lowest BCUT2D eigenvalue weighted by Gasteiger charge is -2.19. The fourth-order valence-corrected chi connectivity index (χ4v) is 4.95. The minimum absolute atomic E-state index is 0.0741. The lowest BCUT2D eigenvalue weighted by Crippen LogP contribution is -2.24. The second-order valence-electron chi connectivity index (χ2n) is 10.3. The maximum absolute atomic E-state index is 13.6. The summed E-state index contributed by atoms with van der Waals surface area (Å²) in [6, 6.07) is 10.4. The number of hydrogen-bond acceptors (Lipinski definition) is 4. The molecule has 4 rings (SSSR count). The van der Waals surface area contributed by atoms with Gasteiger partial charge in [-0.25, -0.2) is 0 Å². The lowest BCUT2D eigenvalue weighted by atomic mass is 10.0. The van der Waals surface area contributed by atoms with Gasteiger partial charge < -0.3 is 20.3 Å². The van der Waals surface area contributed by atoms with Gasteiger partial charge in [-0.2, -0.15) is 18.3 Å². The van der Waals surface area contributed by atoms with E-state index >= 15 is 0 Å². The van der Waals surface area contributed by atoms with Crippen molar-refractivity contribution in [2.45, 2.75) is 58.8 Å². The highest BCUT2D eigenvalue weighted by molar-refractivity contribution is 6.00. The van der Waals surface area contributed by atoms with Crippen LogP contribution in [0, 0.1) is 13.8 Å². The van der Waals surface area contributed by atoms with Crippen LogP contribution in [-0.2, 0) is 28.7 Å². The quantitative estimate of drug-likeness (QED) is 0.228. The predicted octanol–water partition coefficient (Wildman–Crippen LogP) is 5.49. The van der Waals surface area contributed by atoms with E-state index in [1.165, 1.54) is 14.0 Å². The number of nitrogens with zero attached hydrogens (tertiary/aromatic N) is 3. The van der Waals surface area contributed by atoms with Gasteiger partial charge in [0.2, 0.25) is 5.91 Å². The number of aromatic nitrogens is 3. The average Bonchev–Trinajstić information content (AvgIpc) is 3.47. The Kier molecular flexibility index (Phi) is 8.74. The molecule has 2 heterocycles. The summed E-state index contributed by atoms with van der Waals surface area (Å²) < 4.78 is 43.3. The van der Waals surface area contributed by atoms with Crippen molar-refractivity contribution in [2.24, 2.45) is 0 Å². The Labute approximate surface area is 240 Å². The van der Waals surface area contributed by atoms with Crippen LogP contribution < -0.4 is 10.6 Å². The number of amides is 2. The van der Waals surface area contributed by atoms with Gasteiger partial charge >= 0.3 is 12.1 Å². The Morgan fingerprint density at radius 1 is 1.07 bits per heavy atom. The van der Waals surface area contributed by atoms with Gasteiger partial charge in [0.25, 0.3) is 5.91 Å². The number of carbonyl (C=O) groups is 3. The van der Waals surface area contributed by atoms with E-state index in [1.54, 1.807) is 41.8 Å². The summed E-state index contributed by atoms with van der Waals surface area (Å²) in [6.45, 7) is 4.91. The molecule has 0 unspecified atom stereocenters. The summed E-state index contributed by atoms with van der Waals surface area (Å²) in [7, 11) is 1.53. The summed E-state index contributed by atoms with van der Waals surface area (Å²) in [5.41, 5.74) is 2.91. The Morgan fingerprint density at radius 2 is 1.81 bits per heavy atom. The molecule has 0 aliphatic rings. The zero-order chi connectivity index (χ0) is 30.8. The van der Waals surface area contributed by atoms with Gasteiger partial charge in [-0.3, -0.25) is 19.1 Å². The number of alkyl halides is 3. The van der Waals surface area contributed by atoms with Crippen molar-refractivity contribution in [2.75, 3.05) is 12.4 Å². The molecule has 4 aromatic rings. The number of benzene rings is 2. The van der Waals surface area contributed by atoms with Crippen LogP contribution in [0.1, 0.15) is 64.2 Å². The summed E-state index contributed by atoms with van der Waals surface area (Å²) >= 11 is 0. The first-order valence-electron chi connectivity index (χ1n) is 13.4. The Morgan fingerprint density at radius 3 is 2.48 bits per heavy atom. The second kappa shape index (κ2) is 12.1. The molecule has 0 aliphatic carbocycles. The average molecular weight is 584 g/mol. The number of halogens is 3. The monoisotopic (exact) mass is 583 g/mol. The standard InChI is InChI=1S/C30H32F3N5O4/c1-17-15-37(25-14-22(29(42)34-4)10-11-23(17)25)19(3)28(41)35-24-13-20(8-9-21(24)6-5-7-27(39)40)16-38-26(30(31,32)33)12-18(2)36-38/h8-15,19H,5-7,16H2,1-4H3,(H,34,42)(H,35,41)(H,39,40)/t19-/m1/s1. The number of nitrogens with one attached hydrogen (secondary N) is 2. The van der Waals surface area contributed by atoms with E-state index < -0.39 is 23.9 Å².